The summed E-state index contributed by atoms with van der Waals surface area (Å²) < 4.78 is 6.91. The Morgan fingerprint density at radius 1 is 1.65 bits per heavy atom. The molecule has 0 saturated heterocycles. The van der Waals surface area contributed by atoms with E-state index in [1.54, 1.807) is 12.5 Å². The van der Waals surface area contributed by atoms with Crippen LogP contribution in [0.3, 0.4) is 0 Å². The molecule has 1 saturated carbocycles. The van der Waals surface area contributed by atoms with Gasteiger partial charge in [-0.15, -0.1) is 0 Å². The van der Waals surface area contributed by atoms with E-state index >= 15 is 0 Å². The second kappa shape index (κ2) is 4.87. The highest BCUT2D eigenvalue weighted by molar-refractivity contribution is 5.81. The van der Waals surface area contributed by atoms with Crippen LogP contribution in [0.15, 0.2) is 18.7 Å². The highest BCUT2D eigenvalue weighted by Gasteiger charge is 2.51. The number of rotatable bonds is 6. The molecule has 1 heterocycles. The van der Waals surface area contributed by atoms with Crippen LogP contribution in [0.25, 0.3) is 0 Å². The molecule has 1 N–H and O–H groups in total. The molecule has 17 heavy (non-hydrogen) atoms. The zero-order valence-electron chi connectivity index (χ0n) is 10.3. The molecule has 1 aliphatic rings. The number of likely N-dealkylation sites (N-methyl/N-ethyl adjacent to an activating group) is 1. The van der Waals surface area contributed by atoms with E-state index < -0.39 is 5.54 Å². The van der Waals surface area contributed by atoms with Crippen molar-refractivity contribution in [2.24, 2.45) is 5.92 Å². The van der Waals surface area contributed by atoms with E-state index in [4.69, 9.17) is 4.74 Å². The minimum Gasteiger partial charge on any atom is -0.468 e. The molecule has 1 fully saturated rings. The van der Waals surface area contributed by atoms with Gasteiger partial charge in [-0.25, -0.2) is 9.78 Å². The maximum Gasteiger partial charge on any atom is 0.328 e. The Morgan fingerprint density at radius 3 is 2.88 bits per heavy atom. The summed E-state index contributed by atoms with van der Waals surface area (Å²) in [6, 6.07) is 0. The van der Waals surface area contributed by atoms with E-state index in [1.165, 1.54) is 7.11 Å². The molecular weight excluding hydrogens is 218 g/mol. The van der Waals surface area contributed by atoms with Gasteiger partial charge >= 0.3 is 5.97 Å². The van der Waals surface area contributed by atoms with Gasteiger partial charge in [0.25, 0.3) is 0 Å². The summed E-state index contributed by atoms with van der Waals surface area (Å²) in [6.45, 7) is 3.34. The third kappa shape index (κ3) is 2.34. The van der Waals surface area contributed by atoms with Gasteiger partial charge in [-0.3, -0.25) is 0 Å². The number of imidazole rings is 1. The number of esters is 1. The van der Waals surface area contributed by atoms with Crippen LogP contribution in [-0.4, -0.2) is 34.7 Å². The SMILES string of the molecule is CCNC(Cn1ccnc1)(C(=O)OC)C1CC1. The standard InChI is InChI=1S/C12H19N3O2/c1-3-14-12(10-4-5-10,11(16)17-2)8-15-7-6-13-9-15/h6-7,9-10,14H,3-5,8H2,1-2H3. The molecule has 1 atom stereocenters. The first-order valence-corrected chi connectivity index (χ1v) is 6.02. The Kier molecular flexibility index (Phi) is 3.47. The third-order valence-corrected chi connectivity index (χ3v) is 3.31. The Balaban J connectivity index is 2.23. The van der Waals surface area contributed by atoms with Crippen LogP contribution in [0.1, 0.15) is 19.8 Å². The molecule has 1 aromatic heterocycles. The van der Waals surface area contributed by atoms with E-state index in [9.17, 15) is 4.79 Å². The minimum absolute atomic E-state index is 0.171. The predicted octanol–water partition coefficient (Wildman–Crippen LogP) is 0.814. The first-order valence-electron chi connectivity index (χ1n) is 6.02. The van der Waals surface area contributed by atoms with Crippen LogP contribution in [0.4, 0.5) is 0 Å². The lowest BCUT2D eigenvalue weighted by Gasteiger charge is -2.32. The second-order valence-electron chi connectivity index (χ2n) is 4.50. The Labute approximate surface area is 101 Å². The average molecular weight is 237 g/mol. The number of nitrogens with one attached hydrogen (secondary N) is 1. The molecule has 0 bridgehead atoms. The third-order valence-electron chi connectivity index (χ3n) is 3.31. The first-order chi connectivity index (χ1) is 8.23. The quantitative estimate of drug-likeness (QED) is 0.744. The van der Waals surface area contributed by atoms with Gasteiger partial charge in [-0.05, 0) is 25.3 Å². The summed E-state index contributed by atoms with van der Waals surface area (Å²) in [4.78, 5) is 16.1. The molecule has 5 nitrogen and oxygen atoms in total. The van der Waals surface area contributed by atoms with E-state index in [1.807, 2.05) is 17.7 Å². The molecule has 0 spiro atoms. The molecule has 1 unspecified atom stereocenters. The number of carbonyl (C=O) groups is 1. The van der Waals surface area contributed by atoms with Crippen LogP contribution in [0.2, 0.25) is 0 Å². The van der Waals surface area contributed by atoms with Gasteiger partial charge in [0.05, 0.1) is 20.0 Å². The molecular formula is C12H19N3O2. The fraction of sp³-hybridized carbons (Fsp3) is 0.667. The van der Waals surface area contributed by atoms with Gasteiger partial charge in [-0.1, -0.05) is 6.92 Å². The highest BCUT2D eigenvalue weighted by Crippen LogP contribution is 2.41. The van der Waals surface area contributed by atoms with Gasteiger partial charge in [0.15, 0.2) is 0 Å². The summed E-state index contributed by atoms with van der Waals surface area (Å²) in [5.74, 6) is 0.202. The van der Waals surface area contributed by atoms with Crippen LogP contribution in [-0.2, 0) is 16.1 Å². The van der Waals surface area contributed by atoms with Crippen LogP contribution in [0.5, 0.6) is 0 Å². The maximum absolute atomic E-state index is 12.1. The number of hydrogen-bond donors (Lipinski definition) is 1. The number of carbonyl (C=O) groups excluding carboxylic acids is 1. The Morgan fingerprint density at radius 2 is 2.41 bits per heavy atom. The lowest BCUT2D eigenvalue weighted by Crippen LogP contribution is -2.57. The molecule has 0 aromatic carbocycles. The fourth-order valence-electron chi connectivity index (χ4n) is 2.37. The second-order valence-corrected chi connectivity index (χ2v) is 4.50. The van der Waals surface area contributed by atoms with Crippen molar-refractivity contribution < 1.29 is 9.53 Å². The number of nitrogens with zero attached hydrogens (tertiary/aromatic N) is 2. The minimum atomic E-state index is -0.593. The van der Waals surface area contributed by atoms with Crippen molar-refractivity contribution in [1.82, 2.24) is 14.9 Å². The van der Waals surface area contributed by atoms with Crippen molar-refractivity contribution in [2.45, 2.75) is 31.8 Å². The van der Waals surface area contributed by atoms with Gasteiger partial charge in [0.1, 0.15) is 5.54 Å². The van der Waals surface area contributed by atoms with Crippen molar-refractivity contribution >= 4 is 5.97 Å². The highest BCUT2D eigenvalue weighted by atomic mass is 16.5. The molecule has 5 heteroatoms. The van der Waals surface area contributed by atoms with Gasteiger partial charge in [-0.2, -0.15) is 0 Å². The predicted molar refractivity (Wildman–Crippen MR) is 63.4 cm³/mol. The number of aromatic nitrogens is 2. The molecule has 94 valence electrons. The average Bonchev–Trinajstić information content (AvgIpc) is 3.07. The van der Waals surface area contributed by atoms with E-state index in [0.29, 0.717) is 12.5 Å². The van der Waals surface area contributed by atoms with E-state index in [-0.39, 0.29) is 5.97 Å². The van der Waals surface area contributed by atoms with Gasteiger partial charge in [0.2, 0.25) is 0 Å². The Hall–Kier alpha value is -1.36. The van der Waals surface area contributed by atoms with Gasteiger partial charge in [0, 0.05) is 12.4 Å². The first kappa shape index (κ1) is 12.1. The largest absolute Gasteiger partial charge is 0.468 e. The molecule has 0 radical (unpaired) electrons. The van der Waals surface area contributed by atoms with Gasteiger partial charge < -0.3 is 14.6 Å². The summed E-state index contributed by atoms with van der Waals surface area (Å²) in [5, 5.41) is 3.32. The van der Waals surface area contributed by atoms with Crippen molar-refractivity contribution in [3.63, 3.8) is 0 Å². The van der Waals surface area contributed by atoms with E-state index in [2.05, 4.69) is 10.3 Å². The number of ether oxygens (including phenoxy) is 1. The fourth-order valence-corrected chi connectivity index (χ4v) is 2.37. The summed E-state index contributed by atoms with van der Waals surface area (Å²) in [6.07, 6.45) is 7.49. The van der Waals surface area contributed by atoms with Crippen molar-refractivity contribution in [3.8, 4) is 0 Å². The van der Waals surface area contributed by atoms with Crippen molar-refractivity contribution in [3.05, 3.63) is 18.7 Å². The maximum atomic E-state index is 12.1. The number of methoxy groups -OCH3 is 1. The smallest absolute Gasteiger partial charge is 0.328 e. The topological polar surface area (TPSA) is 56.2 Å². The Bertz CT molecular complexity index is 373. The monoisotopic (exact) mass is 237 g/mol. The van der Waals surface area contributed by atoms with Crippen molar-refractivity contribution in [1.29, 1.82) is 0 Å². The summed E-state index contributed by atoms with van der Waals surface area (Å²) in [7, 11) is 1.45. The van der Waals surface area contributed by atoms with E-state index in [0.717, 1.165) is 19.4 Å². The lowest BCUT2D eigenvalue weighted by molar-refractivity contribution is -0.150. The molecule has 0 amide bonds. The number of hydrogen-bond acceptors (Lipinski definition) is 4. The van der Waals surface area contributed by atoms with Crippen LogP contribution >= 0.6 is 0 Å². The summed E-state index contributed by atoms with van der Waals surface area (Å²) in [5.41, 5.74) is -0.593. The zero-order chi connectivity index (χ0) is 12.3. The van der Waals surface area contributed by atoms with Crippen molar-refractivity contribution in [2.75, 3.05) is 13.7 Å². The van der Waals surface area contributed by atoms with Crippen LogP contribution in [0, 0.1) is 5.92 Å². The lowest BCUT2D eigenvalue weighted by atomic mass is 9.92. The van der Waals surface area contributed by atoms with Crippen LogP contribution < -0.4 is 5.32 Å². The summed E-state index contributed by atoms with van der Waals surface area (Å²) >= 11 is 0. The normalized spacial score (nSPS) is 18.7. The molecule has 2 rings (SSSR count). The molecule has 0 aliphatic heterocycles. The zero-order valence-corrected chi connectivity index (χ0v) is 10.3. The molecule has 1 aromatic rings. The molecule has 1 aliphatic carbocycles.